The molecule has 1 aliphatic rings. The number of carbonyl (C=O) groups excluding carboxylic acids is 2. The zero-order valence-corrected chi connectivity index (χ0v) is 16.8. The monoisotopic (exact) mass is 394 g/mol. The third-order valence-corrected chi connectivity index (χ3v) is 6.22. The average Bonchev–Trinajstić information content (AvgIpc) is 3.12. The number of pyridine rings is 2. The molecule has 0 radical (unpaired) electrons. The first kappa shape index (κ1) is 18.6. The van der Waals surface area contributed by atoms with Crippen LogP contribution >= 0.6 is 11.3 Å². The van der Waals surface area contributed by atoms with Gasteiger partial charge in [0.2, 0.25) is 0 Å². The third-order valence-electron chi connectivity index (χ3n) is 5.11. The third kappa shape index (κ3) is 3.38. The second kappa shape index (κ2) is 7.67. The Morgan fingerprint density at radius 3 is 2.71 bits per heavy atom. The molecule has 6 nitrogen and oxygen atoms in total. The number of piperidine rings is 1. The summed E-state index contributed by atoms with van der Waals surface area (Å²) < 4.78 is 0. The molecule has 0 aliphatic carbocycles. The van der Waals surface area contributed by atoms with Gasteiger partial charge in [-0.2, -0.15) is 0 Å². The molecule has 2 amide bonds. The van der Waals surface area contributed by atoms with E-state index >= 15 is 0 Å². The Balaban J connectivity index is 1.70. The Bertz CT molecular complexity index is 1020. The SMILES string of the molecule is CN(C)C(=O)c1sc2ncccc2c1[C@@H]1CCCN(C(=O)c2ccccn2)C1. The smallest absolute Gasteiger partial charge is 0.272 e. The van der Waals surface area contributed by atoms with Gasteiger partial charge in [-0.15, -0.1) is 11.3 Å². The van der Waals surface area contributed by atoms with Crippen LogP contribution in [-0.2, 0) is 0 Å². The van der Waals surface area contributed by atoms with Crippen LogP contribution in [0.25, 0.3) is 10.2 Å². The summed E-state index contributed by atoms with van der Waals surface area (Å²) in [4.78, 5) is 39.4. The fraction of sp³-hybridized carbons (Fsp3) is 0.333. The molecular formula is C21H22N4O2S. The molecule has 144 valence electrons. The summed E-state index contributed by atoms with van der Waals surface area (Å²) in [6.07, 6.45) is 5.24. The number of carbonyl (C=O) groups is 2. The van der Waals surface area contributed by atoms with Gasteiger partial charge in [0.1, 0.15) is 10.5 Å². The summed E-state index contributed by atoms with van der Waals surface area (Å²) in [5, 5.41) is 1.02. The molecule has 0 saturated carbocycles. The van der Waals surface area contributed by atoms with E-state index in [2.05, 4.69) is 9.97 Å². The largest absolute Gasteiger partial charge is 0.344 e. The summed E-state index contributed by atoms with van der Waals surface area (Å²) in [6.45, 7) is 1.30. The van der Waals surface area contributed by atoms with Crippen molar-refractivity contribution in [2.24, 2.45) is 0 Å². The highest BCUT2D eigenvalue weighted by Gasteiger charge is 2.31. The normalized spacial score (nSPS) is 16.9. The molecule has 28 heavy (non-hydrogen) atoms. The van der Waals surface area contributed by atoms with E-state index in [4.69, 9.17) is 0 Å². The molecule has 1 saturated heterocycles. The Kier molecular flexibility index (Phi) is 5.09. The maximum atomic E-state index is 12.9. The minimum Gasteiger partial charge on any atom is -0.344 e. The van der Waals surface area contributed by atoms with E-state index in [0.29, 0.717) is 18.8 Å². The predicted molar refractivity (Wildman–Crippen MR) is 110 cm³/mol. The minimum atomic E-state index is -0.0524. The number of thiophene rings is 1. The van der Waals surface area contributed by atoms with Gasteiger partial charge in [0.25, 0.3) is 11.8 Å². The fourth-order valence-electron chi connectivity index (χ4n) is 3.77. The number of rotatable bonds is 3. The van der Waals surface area contributed by atoms with E-state index < -0.39 is 0 Å². The number of amides is 2. The maximum absolute atomic E-state index is 12.9. The van der Waals surface area contributed by atoms with Gasteiger partial charge in [-0.05, 0) is 36.6 Å². The maximum Gasteiger partial charge on any atom is 0.272 e. The fourth-order valence-corrected chi connectivity index (χ4v) is 5.02. The molecule has 0 aromatic carbocycles. The lowest BCUT2D eigenvalue weighted by molar-refractivity contribution is 0.0701. The second-order valence-corrected chi connectivity index (χ2v) is 8.20. The van der Waals surface area contributed by atoms with Crippen molar-refractivity contribution in [2.75, 3.05) is 27.2 Å². The van der Waals surface area contributed by atoms with Gasteiger partial charge in [-0.3, -0.25) is 14.6 Å². The van der Waals surface area contributed by atoms with Crippen molar-refractivity contribution in [1.29, 1.82) is 0 Å². The highest BCUT2D eigenvalue weighted by Crippen LogP contribution is 2.39. The molecule has 4 rings (SSSR count). The number of likely N-dealkylation sites (tertiary alicyclic amines) is 1. The number of fused-ring (bicyclic) bond motifs is 1. The first-order valence-corrected chi connectivity index (χ1v) is 10.2. The molecule has 7 heteroatoms. The highest BCUT2D eigenvalue weighted by atomic mass is 32.1. The summed E-state index contributed by atoms with van der Waals surface area (Å²) >= 11 is 1.44. The second-order valence-electron chi connectivity index (χ2n) is 7.21. The van der Waals surface area contributed by atoms with Crippen LogP contribution in [0.3, 0.4) is 0 Å². The Morgan fingerprint density at radius 1 is 1.14 bits per heavy atom. The first-order valence-electron chi connectivity index (χ1n) is 9.35. The molecular weight excluding hydrogens is 372 g/mol. The molecule has 4 heterocycles. The van der Waals surface area contributed by atoms with Crippen molar-refractivity contribution in [3.8, 4) is 0 Å². The van der Waals surface area contributed by atoms with E-state index in [1.165, 1.54) is 11.3 Å². The van der Waals surface area contributed by atoms with Crippen LogP contribution in [-0.4, -0.2) is 58.8 Å². The molecule has 1 fully saturated rings. The van der Waals surface area contributed by atoms with Crippen LogP contribution in [0.5, 0.6) is 0 Å². The molecule has 0 unspecified atom stereocenters. The van der Waals surface area contributed by atoms with Crippen LogP contribution in [0.2, 0.25) is 0 Å². The summed E-state index contributed by atoms with van der Waals surface area (Å²) in [5.74, 6) is 0.0490. The van der Waals surface area contributed by atoms with Gasteiger partial charge in [-0.25, -0.2) is 4.98 Å². The zero-order valence-electron chi connectivity index (χ0n) is 16.0. The van der Waals surface area contributed by atoms with Gasteiger partial charge >= 0.3 is 0 Å². The van der Waals surface area contributed by atoms with Crippen LogP contribution in [0.1, 0.15) is 44.5 Å². The van der Waals surface area contributed by atoms with E-state index in [1.54, 1.807) is 43.5 Å². The van der Waals surface area contributed by atoms with Crippen LogP contribution in [0.15, 0.2) is 42.7 Å². The van der Waals surface area contributed by atoms with Crippen molar-refractivity contribution in [2.45, 2.75) is 18.8 Å². The van der Waals surface area contributed by atoms with Gasteiger partial charge < -0.3 is 9.80 Å². The first-order chi connectivity index (χ1) is 13.6. The molecule has 1 aliphatic heterocycles. The van der Waals surface area contributed by atoms with Crippen molar-refractivity contribution in [3.63, 3.8) is 0 Å². The molecule has 0 bridgehead atoms. The van der Waals surface area contributed by atoms with E-state index in [1.807, 2.05) is 23.1 Å². The van der Waals surface area contributed by atoms with Crippen LogP contribution < -0.4 is 0 Å². The Morgan fingerprint density at radius 2 is 1.96 bits per heavy atom. The van der Waals surface area contributed by atoms with Gasteiger partial charge in [-0.1, -0.05) is 12.1 Å². The lowest BCUT2D eigenvalue weighted by Gasteiger charge is -2.33. The van der Waals surface area contributed by atoms with Crippen molar-refractivity contribution in [3.05, 3.63) is 58.9 Å². The van der Waals surface area contributed by atoms with E-state index in [9.17, 15) is 9.59 Å². The van der Waals surface area contributed by atoms with E-state index in [0.717, 1.165) is 33.5 Å². The standard InChI is InChI=1S/C21H22N4O2S/c1-24(2)21(27)18-17(15-8-5-11-23-19(15)28-18)14-7-6-12-25(13-14)20(26)16-9-3-4-10-22-16/h3-5,8-11,14H,6-7,12-13H2,1-2H3/t14-/m1/s1. The van der Waals surface area contributed by atoms with Gasteiger partial charge in [0.15, 0.2) is 0 Å². The lowest BCUT2D eigenvalue weighted by Crippen LogP contribution is -2.39. The summed E-state index contributed by atoms with van der Waals surface area (Å²) in [7, 11) is 3.53. The number of hydrogen-bond donors (Lipinski definition) is 0. The quantitative estimate of drug-likeness (QED) is 0.683. The molecule has 0 N–H and O–H groups in total. The van der Waals surface area contributed by atoms with Crippen molar-refractivity contribution in [1.82, 2.24) is 19.8 Å². The average molecular weight is 395 g/mol. The highest BCUT2D eigenvalue weighted by molar-refractivity contribution is 7.20. The van der Waals surface area contributed by atoms with Crippen LogP contribution in [0.4, 0.5) is 0 Å². The zero-order chi connectivity index (χ0) is 19.7. The summed E-state index contributed by atoms with van der Waals surface area (Å²) in [6, 6.07) is 9.31. The van der Waals surface area contributed by atoms with Gasteiger partial charge in [0.05, 0.1) is 4.88 Å². The topological polar surface area (TPSA) is 66.4 Å². The molecule has 3 aromatic rings. The van der Waals surface area contributed by atoms with Crippen molar-refractivity contribution >= 4 is 33.4 Å². The molecule has 3 aromatic heterocycles. The molecule has 0 spiro atoms. The Hall–Kier alpha value is -2.80. The van der Waals surface area contributed by atoms with Gasteiger partial charge in [0, 0.05) is 50.9 Å². The lowest BCUT2D eigenvalue weighted by atomic mass is 9.88. The van der Waals surface area contributed by atoms with Crippen molar-refractivity contribution < 1.29 is 9.59 Å². The van der Waals surface area contributed by atoms with Crippen LogP contribution in [0, 0.1) is 0 Å². The Labute approximate surface area is 167 Å². The number of aromatic nitrogens is 2. The predicted octanol–water partition coefficient (Wildman–Crippen LogP) is 3.41. The molecule has 1 atom stereocenters. The number of nitrogens with zero attached hydrogens (tertiary/aromatic N) is 4. The van der Waals surface area contributed by atoms with E-state index in [-0.39, 0.29) is 17.7 Å². The number of hydrogen-bond acceptors (Lipinski definition) is 5. The minimum absolute atomic E-state index is 0.00817. The summed E-state index contributed by atoms with van der Waals surface area (Å²) in [5.41, 5.74) is 1.50.